The van der Waals surface area contributed by atoms with Crippen molar-refractivity contribution in [3.05, 3.63) is 0 Å². The molecule has 0 aromatic carbocycles. The van der Waals surface area contributed by atoms with E-state index >= 15 is 0 Å². The summed E-state index contributed by atoms with van der Waals surface area (Å²) in [6, 6.07) is 0. The SMILES string of the molecule is O=P(O)(O)O.[Cu].[Ni]. The molecule has 0 heterocycles. The van der Waals surface area contributed by atoms with Crippen LogP contribution in [0, 0.1) is 0 Å². The zero-order valence-electron chi connectivity index (χ0n) is 2.81. The molecule has 0 atom stereocenters. The summed E-state index contributed by atoms with van der Waals surface area (Å²) in [6.07, 6.45) is 0. The summed E-state index contributed by atoms with van der Waals surface area (Å²) >= 11 is 0. The Labute approximate surface area is 60.9 Å². The molecular formula is H3CuNiO4P. The van der Waals surface area contributed by atoms with Crippen molar-refractivity contribution in [2.45, 2.75) is 0 Å². The van der Waals surface area contributed by atoms with E-state index in [1.165, 1.54) is 0 Å². The molecule has 0 rings (SSSR count). The smallest absolute Gasteiger partial charge is 0.303 e. The first-order valence-electron chi connectivity index (χ1n) is 0.783. The molecule has 0 aromatic rings. The maximum Gasteiger partial charge on any atom is 0.466 e. The molecule has 0 amide bonds. The first-order chi connectivity index (χ1) is 2.00. The van der Waals surface area contributed by atoms with Crippen molar-refractivity contribution in [2.24, 2.45) is 0 Å². The maximum atomic E-state index is 8.88. The number of hydrogen-bond acceptors (Lipinski definition) is 1. The van der Waals surface area contributed by atoms with E-state index < -0.39 is 7.82 Å². The van der Waals surface area contributed by atoms with Crippen molar-refractivity contribution in [3.8, 4) is 0 Å². The second-order valence-corrected chi connectivity index (χ2v) is 1.54. The van der Waals surface area contributed by atoms with Gasteiger partial charge in [0.2, 0.25) is 0 Å². The molecule has 0 spiro atoms. The number of rotatable bonds is 0. The van der Waals surface area contributed by atoms with Gasteiger partial charge in [-0.15, -0.1) is 0 Å². The van der Waals surface area contributed by atoms with Gasteiger partial charge < -0.3 is 14.7 Å². The van der Waals surface area contributed by atoms with Gasteiger partial charge in [-0.2, -0.15) is 0 Å². The van der Waals surface area contributed by atoms with Crippen LogP contribution in [0.4, 0.5) is 0 Å². The van der Waals surface area contributed by atoms with Crippen LogP contribution in [-0.4, -0.2) is 14.7 Å². The summed E-state index contributed by atoms with van der Waals surface area (Å²) < 4.78 is 8.88. The van der Waals surface area contributed by atoms with E-state index in [1.807, 2.05) is 0 Å². The minimum absolute atomic E-state index is 0. The van der Waals surface area contributed by atoms with Crippen LogP contribution in [0.15, 0.2) is 0 Å². The summed E-state index contributed by atoms with van der Waals surface area (Å²) in [7, 11) is -4.64. The quantitative estimate of drug-likeness (QED) is 0.364. The average molecular weight is 220 g/mol. The summed E-state index contributed by atoms with van der Waals surface area (Å²) in [5, 5.41) is 0. The predicted molar refractivity (Wildman–Crippen MR) is 14.3 cm³/mol. The molecule has 4 nitrogen and oxygen atoms in total. The molecule has 0 aliphatic carbocycles. The Bertz CT molecular complexity index is 57.8. The molecule has 0 fully saturated rings. The molecule has 0 aromatic heterocycles. The van der Waals surface area contributed by atoms with Gasteiger partial charge in [-0.05, 0) is 0 Å². The van der Waals surface area contributed by atoms with Crippen LogP contribution in [0.1, 0.15) is 0 Å². The van der Waals surface area contributed by atoms with Gasteiger partial charge in [-0.3, -0.25) is 0 Å². The Balaban J connectivity index is -0.0000000800. The van der Waals surface area contributed by atoms with Gasteiger partial charge in [0.15, 0.2) is 0 Å². The third-order valence-electron chi connectivity index (χ3n) is 0. The Morgan fingerprint density at radius 2 is 1.14 bits per heavy atom. The Morgan fingerprint density at radius 1 is 1.14 bits per heavy atom. The zero-order valence-corrected chi connectivity index (χ0v) is 5.64. The molecule has 53 valence electrons. The fourth-order valence-electron chi connectivity index (χ4n) is 0. The van der Waals surface area contributed by atoms with Gasteiger partial charge in [-0.25, -0.2) is 4.57 Å². The van der Waals surface area contributed by atoms with Gasteiger partial charge in [0.25, 0.3) is 0 Å². The summed E-state index contributed by atoms with van der Waals surface area (Å²) in [5.74, 6) is 0. The standard InChI is InChI=1S/Cu.Ni.H3O4P/c;;1-5(2,3)4/h;;(H3,1,2,3,4). The maximum absolute atomic E-state index is 8.88. The van der Waals surface area contributed by atoms with Crippen LogP contribution < -0.4 is 0 Å². The first kappa shape index (κ1) is 15.7. The van der Waals surface area contributed by atoms with Crippen molar-refractivity contribution >= 4 is 7.82 Å². The monoisotopic (exact) mass is 219 g/mol. The van der Waals surface area contributed by atoms with Gasteiger partial charge in [0.05, 0.1) is 0 Å². The largest absolute Gasteiger partial charge is 0.466 e. The summed E-state index contributed by atoms with van der Waals surface area (Å²) in [5.41, 5.74) is 0. The fourth-order valence-corrected chi connectivity index (χ4v) is 0. The van der Waals surface area contributed by atoms with E-state index in [0.29, 0.717) is 0 Å². The first-order valence-corrected chi connectivity index (χ1v) is 2.35. The van der Waals surface area contributed by atoms with Gasteiger partial charge in [0, 0.05) is 33.6 Å². The minimum atomic E-state index is -4.64. The van der Waals surface area contributed by atoms with Crippen LogP contribution in [0.2, 0.25) is 0 Å². The number of phosphoric acid groups is 1. The van der Waals surface area contributed by atoms with Crippen LogP contribution in [-0.2, 0) is 38.1 Å². The molecule has 0 aliphatic rings. The van der Waals surface area contributed by atoms with Gasteiger partial charge >= 0.3 is 7.82 Å². The van der Waals surface area contributed by atoms with Crippen LogP contribution in [0.3, 0.4) is 0 Å². The van der Waals surface area contributed by atoms with E-state index in [1.54, 1.807) is 0 Å². The third kappa shape index (κ3) is 148. The van der Waals surface area contributed by atoms with E-state index in [4.69, 9.17) is 19.2 Å². The molecule has 7 heteroatoms. The van der Waals surface area contributed by atoms with E-state index in [9.17, 15) is 0 Å². The van der Waals surface area contributed by atoms with Crippen LogP contribution in [0.5, 0.6) is 0 Å². The molecule has 0 aliphatic heterocycles. The van der Waals surface area contributed by atoms with Crippen molar-refractivity contribution < 1.29 is 52.8 Å². The predicted octanol–water partition coefficient (Wildman–Crippen LogP) is -0.934. The molecule has 1 radical (unpaired) electrons. The van der Waals surface area contributed by atoms with Crippen molar-refractivity contribution in [3.63, 3.8) is 0 Å². The average Bonchev–Trinajstić information content (AvgIpc) is 0.722. The summed E-state index contributed by atoms with van der Waals surface area (Å²) in [4.78, 5) is 21.6. The summed E-state index contributed by atoms with van der Waals surface area (Å²) in [6.45, 7) is 0. The Kier molecular flexibility index (Phi) is 11.8. The molecule has 7 heavy (non-hydrogen) atoms. The van der Waals surface area contributed by atoms with Crippen molar-refractivity contribution in [2.75, 3.05) is 0 Å². The Morgan fingerprint density at radius 3 is 1.14 bits per heavy atom. The minimum Gasteiger partial charge on any atom is -0.303 e. The zero-order chi connectivity index (χ0) is 4.50. The second-order valence-electron chi connectivity index (χ2n) is 0.513. The molecule has 3 N–H and O–H groups in total. The third-order valence-corrected chi connectivity index (χ3v) is 0. The normalized spacial score (nSPS) is 8.43. The van der Waals surface area contributed by atoms with E-state index in [0.717, 1.165) is 0 Å². The van der Waals surface area contributed by atoms with E-state index in [-0.39, 0.29) is 33.6 Å². The van der Waals surface area contributed by atoms with Crippen molar-refractivity contribution in [1.82, 2.24) is 0 Å². The van der Waals surface area contributed by atoms with Crippen LogP contribution >= 0.6 is 7.82 Å². The molecular weight excluding hydrogens is 217 g/mol. The molecule has 0 unspecified atom stereocenters. The topological polar surface area (TPSA) is 77.8 Å². The fraction of sp³-hybridized carbons (Fsp3) is 0. The second kappa shape index (κ2) is 5.26. The molecule has 0 bridgehead atoms. The molecule has 0 saturated heterocycles. The van der Waals surface area contributed by atoms with Crippen molar-refractivity contribution in [1.29, 1.82) is 0 Å². The van der Waals surface area contributed by atoms with Gasteiger partial charge in [-0.1, -0.05) is 0 Å². The van der Waals surface area contributed by atoms with Gasteiger partial charge in [0.1, 0.15) is 0 Å². The van der Waals surface area contributed by atoms with Crippen LogP contribution in [0.25, 0.3) is 0 Å². The van der Waals surface area contributed by atoms with E-state index in [2.05, 4.69) is 0 Å². The Hall–Kier alpha value is 1.12. The number of hydrogen-bond donors (Lipinski definition) is 3. The molecule has 0 saturated carbocycles.